The molecule has 0 bridgehead atoms. The molecule has 3 rings (SSSR count). The van der Waals surface area contributed by atoms with Gasteiger partial charge in [0.25, 0.3) is 5.69 Å². The molecule has 0 spiro atoms. The van der Waals surface area contributed by atoms with Gasteiger partial charge >= 0.3 is 5.91 Å². The fraction of sp³-hybridized carbons (Fsp3) is 0.600. The van der Waals surface area contributed by atoms with Crippen LogP contribution >= 0.6 is 0 Å². The molecule has 4 nitrogen and oxygen atoms in total. The minimum absolute atomic E-state index is 0.191. The number of carbonyl (C=O) groups excluding carboxylic acids is 1. The Balaban J connectivity index is 1.61. The van der Waals surface area contributed by atoms with Gasteiger partial charge in [0, 0.05) is 18.2 Å². The molecule has 2 aliphatic carbocycles. The molecule has 19 heavy (non-hydrogen) atoms. The number of aromatic nitrogens is 1. The van der Waals surface area contributed by atoms with Crippen LogP contribution in [0.2, 0.25) is 0 Å². The maximum absolute atomic E-state index is 12.1. The number of pyridine rings is 1. The van der Waals surface area contributed by atoms with E-state index in [4.69, 9.17) is 0 Å². The zero-order valence-corrected chi connectivity index (χ0v) is 11.0. The fourth-order valence-corrected chi connectivity index (χ4v) is 3.22. The van der Waals surface area contributed by atoms with Gasteiger partial charge in [-0.15, -0.1) is 0 Å². The monoisotopic (exact) mass is 260 g/mol. The second-order valence-corrected chi connectivity index (χ2v) is 5.85. The number of rotatable bonds is 3. The average molecular weight is 260 g/mol. The summed E-state index contributed by atoms with van der Waals surface area (Å²) in [7, 11) is 0. The van der Waals surface area contributed by atoms with Crippen LogP contribution in [0.3, 0.4) is 0 Å². The molecule has 2 atom stereocenters. The Labute approximate surface area is 113 Å². The molecule has 2 fully saturated rings. The van der Waals surface area contributed by atoms with Crippen LogP contribution in [0.5, 0.6) is 0 Å². The number of nitrogens with one attached hydrogen (secondary N) is 1. The van der Waals surface area contributed by atoms with Crippen LogP contribution in [0.1, 0.15) is 49.0 Å². The van der Waals surface area contributed by atoms with E-state index in [-0.39, 0.29) is 17.6 Å². The highest BCUT2D eigenvalue weighted by molar-refractivity contribution is 5.91. The summed E-state index contributed by atoms with van der Waals surface area (Å²) in [6.07, 6.45) is 8.73. The highest BCUT2D eigenvalue weighted by Gasteiger charge is 2.35. The van der Waals surface area contributed by atoms with Crippen molar-refractivity contribution < 1.29 is 9.52 Å². The average Bonchev–Trinajstić information content (AvgIpc) is 3.24. The molecule has 1 N–H and O–H groups in total. The van der Waals surface area contributed by atoms with Crippen LogP contribution in [-0.4, -0.2) is 11.9 Å². The topological polar surface area (TPSA) is 56.0 Å². The Morgan fingerprint density at radius 3 is 2.79 bits per heavy atom. The molecule has 1 heterocycles. The van der Waals surface area contributed by atoms with Gasteiger partial charge in [0.05, 0.1) is 0 Å². The zero-order valence-electron chi connectivity index (χ0n) is 11.0. The summed E-state index contributed by atoms with van der Waals surface area (Å²) in [6, 6.07) is 5.17. The second-order valence-electron chi connectivity index (χ2n) is 5.85. The molecule has 2 aliphatic rings. The van der Waals surface area contributed by atoms with Crippen molar-refractivity contribution >= 4 is 5.91 Å². The van der Waals surface area contributed by atoms with Crippen LogP contribution in [0.25, 0.3) is 0 Å². The van der Waals surface area contributed by atoms with Crippen LogP contribution in [0.15, 0.2) is 24.4 Å². The maximum atomic E-state index is 12.1. The van der Waals surface area contributed by atoms with Crippen molar-refractivity contribution in [3.63, 3.8) is 0 Å². The second kappa shape index (κ2) is 5.19. The third-order valence-corrected chi connectivity index (χ3v) is 4.40. The minimum Gasteiger partial charge on any atom is -0.618 e. The summed E-state index contributed by atoms with van der Waals surface area (Å²) in [5, 5.41) is 14.6. The van der Waals surface area contributed by atoms with Crippen molar-refractivity contribution in [1.29, 1.82) is 0 Å². The van der Waals surface area contributed by atoms with E-state index < -0.39 is 0 Å². The molecule has 0 saturated heterocycles. The molecular weight excluding hydrogens is 240 g/mol. The van der Waals surface area contributed by atoms with Gasteiger partial charge in [0.2, 0.25) is 0 Å². The predicted octanol–water partition coefficient (Wildman–Crippen LogP) is 2.02. The summed E-state index contributed by atoms with van der Waals surface area (Å²) in [6.45, 7) is 0. The van der Waals surface area contributed by atoms with Crippen molar-refractivity contribution in [2.75, 3.05) is 0 Å². The highest BCUT2D eigenvalue weighted by atomic mass is 16.5. The maximum Gasteiger partial charge on any atom is 0.317 e. The first-order valence-electron chi connectivity index (χ1n) is 7.23. The summed E-state index contributed by atoms with van der Waals surface area (Å²) >= 11 is 0. The molecule has 1 aromatic rings. The van der Waals surface area contributed by atoms with E-state index >= 15 is 0 Å². The Hall–Kier alpha value is -1.58. The molecule has 1 amide bonds. The molecule has 0 aromatic carbocycles. The number of nitrogens with zero attached hydrogens (tertiary/aromatic N) is 1. The van der Waals surface area contributed by atoms with Gasteiger partial charge in [-0.3, -0.25) is 4.79 Å². The summed E-state index contributed by atoms with van der Waals surface area (Å²) < 4.78 is 0.635. The third kappa shape index (κ3) is 2.88. The predicted molar refractivity (Wildman–Crippen MR) is 71.3 cm³/mol. The number of carbonyl (C=O) groups is 1. The van der Waals surface area contributed by atoms with Crippen LogP contribution in [0.4, 0.5) is 0 Å². The summed E-state index contributed by atoms with van der Waals surface area (Å²) in [5.41, 5.74) is 0.191. The first-order chi connectivity index (χ1) is 9.24. The molecular formula is C15H20N2O2. The molecule has 0 unspecified atom stereocenters. The van der Waals surface area contributed by atoms with E-state index in [0.29, 0.717) is 4.73 Å². The Morgan fingerprint density at radius 2 is 2.05 bits per heavy atom. The number of hydrogen-bond donors (Lipinski definition) is 1. The smallest absolute Gasteiger partial charge is 0.317 e. The fourth-order valence-electron chi connectivity index (χ4n) is 3.22. The van der Waals surface area contributed by atoms with Crippen LogP contribution < -0.4 is 10.0 Å². The SMILES string of the molecule is O=C(N[C@@H]1CCC[C@H](C2CC2)C1)c1cccc[n+]1[O-]. The van der Waals surface area contributed by atoms with Crippen LogP contribution in [0, 0.1) is 17.0 Å². The first kappa shape index (κ1) is 12.5. The van der Waals surface area contributed by atoms with Crippen LogP contribution in [-0.2, 0) is 0 Å². The van der Waals surface area contributed by atoms with Gasteiger partial charge in [-0.1, -0.05) is 12.8 Å². The van der Waals surface area contributed by atoms with Crippen molar-refractivity contribution in [2.45, 2.75) is 44.6 Å². The third-order valence-electron chi connectivity index (χ3n) is 4.40. The van der Waals surface area contributed by atoms with Gasteiger partial charge in [0.1, 0.15) is 0 Å². The summed E-state index contributed by atoms with van der Waals surface area (Å²) in [4.78, 5) is 12.1. The quantitative estimate of drug-likeness (QED) is 0.667. The van der Waals surface area contributed by atoms with E-state index in [0.717, 1.165) is 24.7 Å². The van der Waals surface area contributed by atoms with E-state index in [9.17, 15) is 10.0 Å². The van der Waals surface area contributed by atoms with Crippen molar-refractivity contribution in [1.82, 2.24) is 5.32 Å². The lowest BCUT2D eigenvalue weighted by atomic mass is 9.82. The number of amides is 1. The lowest BCUT2D eigenvalue weighted by molar-refractivity contribution is -0.607. The molecule has 0 radical (unpaired) electrons. The zero-order chi connectivity index (χ0) is 13.2. The van der Waals surface area contributed by atoms with Crippen molar-refractivity contribution in [2.24, 2.45) is 11.8 Å². The first-order valence-corrected chi connectivity index (χ1v) is 7.23. The number of hydrogen-bond acceptors (Lipinski definition) is 2. The van der Waals surface area contributed by atoms with Gasteiger partial charge in [0.15, 0.2) is 6.20 Å². The molecule has 102 valence electrons. The van der Waals surface area contributed by atoms with E-state index in [1.807, 2.05) is 0 Å². The van der Waals surface area contributed by atoms with E-state index in [2.05, 4.69) is 5.32 Å². The Kier molecular flexibility index (Phi) is 3.40. The molecule has 0 aliphatic heterocycles. The normalized spacial score (nSPS) is 26.9. The standard InChI is InChI=1S/C15H20N2O2/c18-15(14-6-1-2-9-17(14)19)16-13-5-3-4-12(10-13)11-7-8-11/h1-2,6,9,11-13H,3-5,7-8,10H2,(H,16,18)/t12-,13+/m0/s1. The van der Waals surface area contributed by atoms with Crippen molar-refractivity contribution in [3.05, 3.63) is 35.3 Å². The minimum atomic E-state index is -0.239. The summed E-state index contributed by atoms with van der Waals surface area (Å²) in [5.74, 6) is 1.45. The van der Waals surface area contributed by atoms with Gasteiger partial charge in [-0.2, -0.15) is 4.73 Å². The van der Waals surface area contributed by atoms with Gasteiger partial charge in [-0.05, 0) is 43.6 Å². The molecule has 1 aromatic heterocycles. The van der Waals surface area contributed by atoms with E-state index in [1.54, 1.807) is 18.2 Å². The molecule has 4 heteroatoms. The highest BCUT2D eigenvalue weighted by Crippen LogP contribution is 2.43. The van der Waals surface area contributed by atoms with E-state index in [1.165, 1.54) is 31.9 Å². The Bertz CT molecular complexity index is 471. The van der Waals surface area contributed by atoms with Gasteiger partial charge in [-0.25, -0.2) is 0 Å². The lowest BCUT2D eigenvalue weighted by Crippen LogP contribution is -2.44. The Morgan fingerprint density at radius 1 is 1.21 bits per heavy atom. The molecule has 2 saturated carbocycles. The largest absolute Gasteiger partial charge is 0.618 e. The van der Waals surface area contributed by atoms with Gasteiger partial charge < -0.3 is 10.5 Å². The lowest BCUT2D eigenvalue weighted by Gasteiger charge is -2.29. The van der Waals surface area contributed by atoms with Crippen molar-refractivity contribution in [3.8, 4) is 0 Å².